The summed E-state index contributed by atoms with van der Waals surface area (Å²) in [6.45, 7) is 4.90. The number of unbranched alkanes of at least 4 members (excludes halogenated alkanes) is 49. The number of aliphatic hydroxyl groups excluding tert-OH is 2. The average molecular weight is 1150 g/mol. The largest absolute Gasteiger partial charge is 0.466 e. The highest BCUT2D eigenvalue weighted by atomic mass is 16.5. The standard InChI is InChI=1S/C76H141NO5/c1-3-5-7-9-11-13-15-17-19-21-33-37-40-44-48-52-56-60-64-68-74(79)73(72-78)77-75(80)69-65-61-57-53-49-45-41-38-34-31-29-27-25-23-22-24-26-28-30-32-35-39-43-47-51-55-59-63-67-71-82-76(81)70-66-62-58-54-50-46-42-36-20-18-16-14-12-10-8-6-4-2/h12,14,18,20,22,24,28,30,64,68,73-74,78-79H,3-11,13,15-17,19,21,23,25-27,29,31-63,65-67,69-72H2,1-2H3,(H,77,80)/b14-12-,20-18-,24-22-,30-28-,68-64+. The molecule has 0 radical (unpaired) electrons. The average Bonchev–Trinajstić information content (AvgIpc) is 3.48. The Labute approximate surface area is 511 Å². The fourth-order valence-electron chi connectivity index (χ4n) is 11.2. The molecule has 82 heavy (non-hydrogen) atoms. The van der Waals surface area contributed by atoms with E-state index in [0.29, 0.717) is 19.4 Å². The highest BCUT2D eigenvalue weighted by Gasteiger charge is 2.18. The minimum absolute atomic E-state index is 0.00389. The van der Waals surface area contributed by atoms with Gasteiger partial charge >= 0.3 is 5.97 Å². The second-order valence-electron chi connectivity index (χ2n) is 24.9. The number of nitrogens with one attached hydrogen (secondary N) is 1. The Morgan fingerprint density at radius 1 is 0.341 bits per heavy atom. The maximum absolute atomic E-state index is 12.5. The molecule has 0 rings (SSSR count). The second-order valence-corrected chi connectivity index (χ2v) is 24.9. The minimum atomic E-state index is -0.847. The lowest BCUT2D eigenvalue weighted by Gasteiger charge is -2.20. The maximum Gasteiger partial charge on any atom is 0.305 e. The van der Waals surface area contributed by atoms with Crippen molar-refractivity contribution in [2.45, 2.75) is 398 Å². The molecule has 0 aliphatic heterocycles. The number of ether oxygens (including phenoxy) is 1. The molecule has 0 spiro atoms. The molecular weight excluding hydrogens is 1010 g/mol. The van der Waals surface area contributed by atoms with Crippen molar-refractivity contribution in [3.8, 4) is 0 Å². The highest BCUT2D eigenvalue weighted by Crippen LogP contribution is 2.18. The van der Waals surface area contributed by atoms with E-state index < -0.39 is 12.1 Å². The van der Waals surface area contributed by atoms with Crippen LogP contribution in [-0.4, -0.2) is 47.4 Å². The van der Waals surface area contributed by atoms with E-state index in [2.05, 4.69) is 67.8 Å². The van der Waals surface area contributed by atoms with Gasteiger partial charge in [-0.15, -0.1) is 0 Å². The van der Waals surface area contributed by atoms with E-state index in [9.17, 15) is 19.8 Å². The van der Waals surface area contributed by atoms with Crippen LogP contribution in [0.25, 0.3) is 0 Å². The van der Waals surface area contributed by atoms with Crippen LogP contribution in [-0.2, 0) is 14.3 Å². The van der Waals surface area contributed by atoms with Gasteiger partial charge in [0.1, 0.15) is 0 Å². The molecule has 0 saturated heterocycles. The van der Waals surface area contributed by atoms with Gasteiger partial charge in [0, 0.05) is 12.8 Å². The third-order valence-corrected chi connectivity index (χ3v) is 16.8. The van der Waals surface area contributed by atoms with Crippen LogP contribution < -0.4 is 5.32 Å². The van der Waals surface area contributed by atoms with Crippen LogP contribution in [0.5, 0.6) is 0 Å². The van der Waals surface area contributed by atoms with E-state index in [1.807, 2.05) is 6.08 Å². The summed E-state index contributed by atoms with van der Waals surface area (Å²) in [6.07, 6.45) is 94.5. The summed E-state index contributed by atoms with van der Waals surface area (Å²) < 4.78 is 5.49. The van der Waals surface area contributed by atoms with Crippen molar-refractivity contribution < 1.29 is 24.5 Å². The first kappa shape index (κ1) is 79.6. The molecule has 2 atom stereocenters. The third-order valence-electron chi connectivity index (χ3n) is 16.8. The molecular formula is C76H141NO5. The molecule has 6 nitrogen and oxygen atoms in total. The van der Waals surface area contributed by atoms with Gasteiger partial charge in [-0.1, -0.05) is 338 Å². The van der Waals surface area contributed by atoms with Crippen molar-refractivity contribution in [2.24, 2.45) is 0 Å². The van der Waals surface area contributed by atoms with Gasteiger partial charge in [-0.3, -0.25) is 9.59 Å². The summed E-state index contributed by atoms with van der Waals surface area (Å²) in [5.41, 5.74) is 0. The lowest BCUT2D eigenvalue weighted by atomic mass is 10.0. The zero-order chi connectivity index (χ0) is 59.2. The van der Waals surface area contributed by atoms with E-state index >= 15 is 0 Å². The smallest absolute Gasteiger partial charge is 0.305 e. The molecule has 0 aliphatic carbocycles. The molecule has 0 heterocycles. The van der Waals surface area contributed by atoms with Crippen LogP contribution in [0.15, 0.2) is 60.8 Å². The van der Waals surface area contributed by atoms with Crippen LogP contribution in [0.2, 0.25) is 0 Å². The number of allylic oxidation sites excluding steroid dienone is 9. The van der Waals surface area contributed by atoms with Crippen molar-refractivity contribution >= 4 is 11.9 Å². The number of hydrogen-bond donors (Lipinski definition) is 3. The monoisotopic (exact) mass is 1150 g/mol. The number of carbonyl (C=O) groups excluding carboxylic acids is 2. The number of aliphatic hydroxyl groups is 2. The maximum atomic E-state index is 12.5. The summed E-state index contributed by atoms with van der Waals surface area (Å²) in [6, 6.07) is -0.631. The number of carbonyl (C=O) groups is 2. The van der Waals surface area contributed by atoms with Crippen LogP contribution in [0, 0.1) is 0 Å². The first-order valence-corrected chi connectivity index (χ1v) is 36.6. The first-order chi connectivity index (χ1) is 40.5. The van der Waals surface area contributed by atoms with Crippen LogP contribution in [0.4, 0.5) is 0 Å². The topological polar surface area (TPSA) is 95.9 Å². The molecule has 0 aromatic rings. The molecule has 6 heteroatoms. The van der Waals surface area contributed by atoms with Crippen LogP contribution >= 0.6 is 0 Å². The van der Waals surface area contributed by atoms with E-state index in [1.165, 1.54) is 302 Å². The molecule has 0 saturated carbocycles. The van der Waals surface area contributed by atoms with Gasteiger partial charge in [0.25, 0.3) is 0 Å². The Hall–Kier alpha value is -2.44. The number of esters is 1. The highest BCUT2D eigenvalue weighted by molar-refractivity contribution is 5.76. The molecule has 2 unspecified atom stereocenters. The zero-order valence-electron chi connectivity index (χ0n) is 55.0. The van der Waals surface area contributed by atoms with E-state index in [0.717, 1.165) is 57.8 Å². The van der Waals surface area contributed by atoms with Gasteiger partial charge in [-0.05, 0) is 96.3 Å². The number of rotatable bonds is 68. The summed E-state index contributed by atoms with van der Waals surface area (Å²) in [5, 5.41) is 23.2. The first-order valence-electron chi connectivity index (χ1n) is 36.6. The molecule has 0 aromatic heterocycles. The lowest BCUT2D eigenvalue weighted by Crippen LogP contribution is -2.45. The fraction of sp³-hybridized carbons (Fsp3) is 0.842. The predicted octanol–water partition coefficient (Wildman–Crippen LogP) is 23.8. The van der Waals surface area contributed by atoms with Crippen molar-refractivity contribution in [3.63, 3.8) is 0 Å². The third kappa shape index (κ3) is 66.7. The summed E-state index contributed by atoms with van der Waals surface area (Å²) in [7, 11) is 0. The van der Waals surface area contributed by atoms with Crippen molar-refractivity contribution in [1.29, 1.82) is 0 Å². The summed E-state index contributed by atoms with van der Waals surface area (Å²) in [4.78, 5) is 24.6. The molecule has 0 aromatic carbocycles. The fourth-order valence-corrected chi connectivity index (χ4v) is 11.2. The lowest BCUT2D eigenvalue weighted by molar-refractivity contribution is -0.143. The Bertz CT molecular complexity index is 1420. The van der Waals surface area contributed by atoms with E-state index in [-0.39, 0.29) is 18.5 Å². The predicted molar refractivity (Wildman–Crippen MR) is 361 cm³/mol. The van der Waals surface area contributed by atoms with Gasteiger partial charge in [-0.25, -0.2) is 0 Å². The Morgan fingerprint density at radius 3 is 0.951 bits per heavy atom. The van der Waals surface area contributed by atoms with Gasteiger partial charge < -0.3 is 20.3 Å². The summed E-state index contributed by atoms with van der Waals surface area (Å²) in [5.74, 6) is -0.0626. The Kier molecular flexibility index (Phi) is 68.9. The Balaban J connectivity index is 3.43. The second kappa shape index (κ2) is 71.0. The molecule has 0 aliphatic rings. The van der Waals surface area contributed by atoms with E-state index in [1.54, 1.807) is 6.08 Å². The summed E-state index contributed by atoms with van der Waals surface area (Å²) >= 11 is 0. The zero-order valence-corrected chi connectivity index (χ0v) is 55.0. The van der Waals surface area contributed by atoms with Crippen LogP contribution in [0.3, 0.4) is 0 Å². The van der Waals surface area contributed by atoms with Crippen molar-refractivity contribution in [3.05, 3.63) is 60.8 Å². The van der Waals surface area contributed by atoms with Gasteiger partial charge in [0.2, 0.25) is 5.91 Å². The van der Waals surface area contributed by atoms with Crippen molar-refractivity contribution in [1.82, 2.24) is 5.32 Å². The SMILES string of the molecule is CCCCC/C=C\C/C=C\CCCCCCCCCC(=O)OCCCCCCCCCCC/C=C\C/C=C\CCCCCCCCCCCCCCCC(=O)NC(CO)C(O)/C=C/CCCCCCCCCCCCCCCCCCC. The number of hydrogen-bond acceptors (Lipinski definition) is 5. The van der Waals surface area contributed by atoms with E-state index in [4.69, 9.17) is 4.74 Å². The van der Waals surface area contributed by atoms with Gasteiger partial charge in [0.05, 0.1) is 25.4 Å². The minimum Gasteiger partial charge on any atom is -0.466 e. The quantitative estimate of drug-likeness (QED) is 0.0320. The van der Waals surface area contributed by atoms with Gasteiger partial charge in [-0.2, -0.15) is 0 Å². The molecule has 3 N–H and O–H groups in total. The molecule has 0 fully saturated rings. The molecule has 0 bridgehead atoms. The Morgan fingerprint density at radius 2 is 0.610 bits per heavy atom. The van der Waals surface area contributed by atoms with Crippen LogP contribution in [0.1, 0.15) is 386 Å². The molecule has 480 valence electrons. The normalized spacial score (nSPS) is 12.9. The van der Waals surface area contributed by atoms with Gasteiger partial charge in [0.15, 0.2) is 0 Å². The molecule has 1 amide bonds. The van der Waals surface area contributed by atoms with Crippen molar-refractivity contribution in [2.75, 3.05) is 13.2 Å². The number of amides is 1.